The van der Waals surface area contributed by atoms with Crippen molar-refractivity contribution >= 4 is 11.6 Å². The summed E-state index contributed by atoms with van der Waals surface area (Å²) < 4.78 is 20.1. The molecule has 0 aliphatic heterocycles. The van der Waals surface area contributed by atoms with E-state index in [1.165, 1.54) is 0 Å². The fraction of sp³-hybridized carbons (Fsp3) is 0.176. The number of aryl methyl sites for hydroxylation is 1. The summed E-state index contributed by atoms with van der Waals surface area (Å²) in [5.74, 6) is -0.523. The molecule has 0 spiro atoms. The molecule has 0 N–H and O–H groups in total. The normalized spacial score (nSPS) is 10.5. The summed E-state index contributed by atoms with van der Waals surface area (Å²) in [4.78, 5) is 7.53. The minimum absolute atomic E-state index is 0.0920. The van der Waals surface area contributed by atoms with Gasteiger partial charge >= 0.3 is 6.01 Å². The second-order valence-corrected chi connectivity index (χ2v) is 5.72. The van der Waals surface area contributed by atoms with Crippen molar-refractivity contribution in [3.63, 3.8) is 0 Å². The van der Waals surface area contributed by atoms with Gasteiger partial charge in [-0.1, -0.05) is 11.6 Å². The second kappa shape index (κ2) is 6.87. The first-order valence-corrected chi connectivity index (χ1v) is 7.73. The first kappa shape index (κ1) is 16.9. The molecule has 0 unspecified atom stereocenters. The molecule has 2 heterocycles. The van der Waals surface area contributed by atoms with Gasteiger partial charge in [0.15, 0.2) is 5.82 Å². The second-order valence-electron chi connectivity index (χ2n) is 5.31. The molecule has 6 nitrogen and oxygen atoms in total. The largest absolute Gasteiger partial charge is 0.458 e. The van der Waals surface area contributed by atoms with Crippen LogP contribution in [0.5, 0.6) is 6.01 Å². The zero-order valence-corrected chi connectivity index (χ0v) is 14.3. The van der Waals surface area contributed by atoms with E-state index in [1.54, 1.807) is 22.9 Å². The maximum atomic E-state index is 12.8. The highest BCUT2D eigenvalue weighted by atomic mass is 35.5. The highest BCUT2D eigenvalue weighted by Gasteiger charge is 2.15. The van der Waals surface area contributed by atoms with Gasteiger partial charge in [0.25, 0.3) is 0 Å². The Hall–Kier alpha value is -2.98. The van der Waals surface area contributed by atoms with E-state index in [0.717, 1.165) is 35.0 Å². The van der Waals surface area contributed by atoms with E-state index in [9.17, 15) is 4.39 Å². The van der Waals surface area contributed by atoms with Gasteiger partial charge in [0.05, 0.1) is 34.4 Å². The molecule has 0 aliphatic carbocycles. The minimum Gasteiger partial charge on any atom is -0.458 e. The molecule has 1 aromatic carbocycles. The Labute approximate surface area is 148 Å². The fourth-order valence-electron chi connectivity index (χ4n) is 2.37. The van der Waals surface area contributed by atoms with E-state index < -0.39 is 5.82 Å². The molecule has 0 aliphatic rings. The highest BCUT2D eigenvalue weighted by molar-refractivity contribution is 6.31. The Balaban J connectivity index is 1.87. The molecule has 3 rings (SSSR count). The third-order valence-corrected chi connectivity index (χ3v) is 4.01. The standard InChI is InChI=1S/C17H13ClFN5O/c1-10-15(9-25-17-21-7-13(19)8-22-17)11(2)24(23-10)14-4-3-12(6-20)16(18)5-14/h3-5,7-8H,9H2,1-2H3. The van der Waals surface area contributed by atoms with Crippen molar-refractivity contribution < 1.29 is 9.13 Å². The topological polar surface area (TPSA) is 76.6 Å². The smallest absolute Gasteiger partial charge is 0.316 e. The highest BCUT2D eigenvalue weighted by Crippen LogP contribution is 2.23. The lowest BCUT2D eigenvalue weighted by Gasteiger charge is -2.07. The van der Waals surface area contributed by atoms with Crippen LogP contribution in [0.15, 0.2) is 30.6 Å². The van der Waals surface area contributed by atoms with Crippen molar-refractivity contribution in [3.8, 4) is 17.8 Å². The Kier molecular flexibility index (Phi) is 4.63. The predicted molar refractivity (Wildman–Crippen MR) is 89.1 cm³/mol. The summed E-state index contributed by atoms with van der Waals surface area (Å²) in [5, 5.41) is 13.8. The van der Waals surface area contributed by atoms with Crippen LogP contribution in [0, 0.1) is 31.0 Å². The van der Waals surface area contributed by atoms with Crippen LogP contribution in [0.3, 0.4) is 0 Å². The van der Waals surface area contributed by atoms with Crippen LogP contribution in [0.1, 0.15) is 22.5 Å². The minimum atomic E-state index is -0.523. The molecule has 0 bridgehead atoms. The maximum absolute atomic E-state index is 12.8. The Bertz CT molecular complexity index is 962. The lowest BCUT2D eigenvalue weighted by Crippen LogP contribution is -2.03. The summed E-state index contributed by atoms with van der Waals surface area (Å²) in [6.45, 7) is 3.96. The molecular weight excluding hydrogens is 345 g/mol. The van der Waals surface area contributed by atoms with E-state index in [2.05, 4.69) is 15.1 Å². The van der Waals surface area contributed by atoms with Gasteiger partial charge in [0, 0.05) is 11.3 Å². The number of nitriles is 1. The summed E-state index contributed by atoms with van der Waals surface area (Å²) in [5.41, 5.74) is 3.66. The summed E-state index contributed by atoms with van der Waals surface area (Å²) in [7, 11) is 0. The van der Waals surface area contributed by atoms with Crippen LogP contribution < -0.4 is 4.74 Å². The molecule has 8 heteroatoms. The van der Waals surface area contributed by atoms with Crippen LogP contribution in [-0.4, -0.2) is 19.7 Å². The van der Waals surface area contributed by atoms with Crippen molar-refractivity contribution in [3.05, 3.63) is 63.9 Å². The maximum Gasteiger partial charge on any atom is 0.316 e. The number of halogens is 2. The van der Waals surface area contributed by atoms with Crippen LogP contribution >= 0.6 is 11.6 Å². The molecule has 25 heavy (non-hydrogen) atoms. The van der Waals surface area contributed by atoms with Crippen LogP contribution in [0.4, 0.5) is 4.39 Å². The molecule has 0 saturated carbocycles. The Morgan fingerprint density at radius 2 is 2.00 bits per heavy atom. The van der Waals surface area contributed by atoms with Gasteiger partial charge in [-0.15, -0.1) is 0 Å². The van der Waals surface area contributed by atoms with Crippen molar-refractivity contribution in [2.75, 3.05) is 0 Å². The van der Waals surface area contributed by atoms with Gasteiger partial charge in [-0.05, 0) is 32.0 Å². The van der Waals surface area contributed by atoms with E-state index in [-0.39, 0.29) is 12.6 Å². The van der Waals surface area contributed by atoms with E-state index >= 15 is 0 Å². The van der Waals surface area contributed by atoms with E-state index in [1.807, 2.05) is 19.9 Å². The Morgan fingerprint density at radius 1 is 1.28 bits per heavy atom. The molecule has 0 radical (unpaired) electrons. The summed E-state index contributed by atoms with van der Waals surface area (Å²) in [6, 6.07) is 7.23. The first-order valence-electron chi connectivity index (χ1n) is 7.35. The Morgan fingerprint density at radius 3 is 2.64 bits per heavy atom. The van der Waals surface area contributed by atoms with Crippen LogP contribution in [0.2, 0.25) is 5.02 Å². The summed E-state index contributed by atoms with van der Waals surface area (Å²) >= 11 is 6.10. The van der Waals surface area contributed by atoms with Crippen LogP contribution in [0.25, 0.3) is 5.69 Å². The molecule has 126 valence electrons. The van der Waals surface area contributed by atoms with Gasteiger partial charge in [0.1, 0.15) is 12.7 Å². The third-order valence-electron chi connectivity index (χ3n) is 3.70. The zero-order valence-electron chi connectivity index (χ0n) is 13.5. The van der Waals surface area contributed by atoms with E-state index in [4.69, 9.17) is 21.6 Å². The SMILES string of the molecule is Cc1nn(-c2ccc(C#N)c(Cl)c2)c(C)c1COc1ncc(F)cn1. The molecule has 0 fully saturated rings. The number of benzene rings is 1. The average Bonchev–Trinajstić information content (AvgIpc) is 2.89. The van der Waals surface area contributed by atoms with E-state index in [0.29, 0.717) is 10.6 Å². The molecular formula is C17H13ClFN5O. The molecule has 0 atom stereocenters. The van der Waals surface area contributed by atoms with Gasteiger partial charge in [-0.25, -0.2) is 19.0 Å². The first-order chi connectivity index (χ1) is 12.0. The van der Waals surface area contributed by atoms with Crippen molar-refractivity contribution in [2.45, 2.75) is 20.5 Å². The summed E-state index contributed by atoms with van der Waals surface area (Å²) in [6.07, 6.45) is 2.09. The number of aromatic nitrogens is 4. The number of hydrogen-bond acceptors (Lipinski definition) is 5. The molecule has 0 amide bonds. The van der Waals surface area contributed by atoms with Crippen LogP contribution in [-0.2, 0) is 6.61 Å². The third kappa shape index (κ3) is 3.44. The van der Waals surface area contributed by atoms with Gasteiger partial charge in [0.2, 0.25) is 0 Å². The fourth-order valence-corrected chi connectivity index (χ4v) is 2.59. The molecule has 3 aromatic rings. The van der Waals surface area contributed by atoms with Gasteiger partial charge in [-0.2, -0.15) is 10.4 Å². The molecule has 2 aromatic heterocycles. The number of rotatable bonds is 4. The predicted octanol–water partition coefficient (Wildman–Crippen LogP) is 3.52. The van der Waals surface area contributed by atoms with Crippen molar-refractivity contribution in [2.24, 2.45) is 0 Å². The van der Waals surface area contributed by atoms with Crippen molar-refractivity contribution in [1.82, 2.24) is 19.7 Å². The monoisotopic (exact) mass is 357 g/mol. The molecule has 0 saturated heterocycles. The number of hydrogen-bond donors (Lipinski definition) is 0. The quantitative estimate of drug-likeness (QED) is 0.714. The zero-order chi connectivity index (χ0) is 18.0. The van der Waals surface area contributed by atoms with Gasteiger partial charge in [-0.3, -0.25) is 0 Å². The lowest BCUT2D eigenvalue weighted by atomic mass is 10.2. The number of ether oxygens (including phenoxy) is 1. The van der Waals surface area contributed by atoms with Gasteiger partial charge < -0.3 is 4.74 Å². The van der Waals surface area contributed by atoms with Crippen molar-refractivity contribution in [1.29, 1.82) is 5.26 Å². The number of nitrogens with zero attached hydrogens (tertiary/aromatic N) is 5. The average molecular weight is 358 g/mol. The lowest BCUT2D eigenvalue weighted by molar-refractivity contribution is 0.278.